The van der Waals surface area contributed by atoms with Crippen LogP contribution in [0.2, 0.25) is 0 Å². The number of para-hydroxylation sites is 1. The van der Waals surface area contributed by atoms with E-state index in [4.69, 9.17) is 8.83 Å². The fourth-order valence-corrected chi connectivity index (χ4v) is 3.95. The van der Waals surface area contributed by atoms with Gasteiger partial charge in [-0.1, -0.05) is 42.5 Å². The Labute approximate surface area is 171 Å². The third-order valence-corrected chi connectivity index (χ3v) is 5.39. The third kappa shape index (κ3) is 2.54. The molecule has 4 nitrogen and oxygen atoms in total. The molecule has 0 amide bonds. The van der Waals surface area contributed by atoms with Crippen LogP contribution in [0, 0.1) is 0 Å². The van der Waals surface area contributed by atoms with E-state index in [0.29, 0.717) is 16.7 Å². The van der Waals surface area contributed by atoms with Gasteiger partial charge in [0.2, 0.25) is 0 Å². The van der Waals surface area contributed by atoms with Gasteiger partial charge in [0.15, 0.2) is 5.43 Å². The minimum absolute atomic E-state index is 0.0915. The maximum Gasteiger partial charge on any atom is 0.193 e. The summed E-state index contributed by atoms with van der Waals surface area (Å²) in [6.07, 6.45) is 3.37. The van der Waals surface area contributed by atoms with Crippen molar-refractivity contribution in [3.05, 3.63) is 101 Å². The van der Waals surface area contributed by atoms with Crippen LogP contribution in [0.25, 0.3) is 55.4 Å². The Morgan fingerprint density at radius 3 is 2.27 bits per heavy atom. The number of nitrogens with zero attached hydrogens (tertiary/aromatic N) is 1. The first-order valence-corrected chi connectivity index (χ1v) is 9.67. The number of hydrogen-bond donors (Lipinski definition) is 0. The van der Waals surface area contributed by atoms with E-state index in [2.05, 4.69) is 4.98 Å². The third-order valence-electron chi connectivity index (χ3n) is 5.39. The monoisotopic (exact) mass is 389 g/mol. The van der Waals surface area contributed by atoms with Crippen LogP contribution >= 0.6 is 0 Å². The lowest BCUT2D eigenvalue weighted by molar-refractivity contribution is 0.622. The molecule has 0 atom stereocenters. The van der Waals surface area contributed by atoms with E-state index in [9.17, 15) is 4.79 Å². The summed E-state index contributed by atoms with van der Waals surface area (Å²) in [6.45, 7) is 0. The molecule has 0 aliphatic rings. The first-order valence-electron chi connectivity index (χ1n) is 9.67. The fourth-order valence-electron chi connectivity index (χ4n) is 3.95. The van der Waals surface area contributed by atoms with Gasteiger partial charge < -0.3 is 8.83 Å². The van der Waals surface area contributed by atoms with Crippen LogP contribution in [0.4, 0.5) is 0 Å². The zero-order valence-corrected chi connectivity index (χ0v) is 15.8. The van der Waals surface area contributed by atoms with Gasteiger partial charge in [-0.3, -0.25) is 9.78 Å². The van der Waals surface area contributed by atoms with E-state index in [1.807, 2.05) is 72.8 Å². The van der Waals surface area contributed by atoms with Crippen molar-refractivity contribution in [2.45, 2.75) is 0 Å². The summed E-state index contributed by atoms with van der Waals surface area (Å²) in [5.41, 5.74) is 2.99. The van der Waals surface area contributed by atoms with Crippen molar-refractivity contribution in [2.75, 3.05) is 0 Å². The predicted octanol–water partition coefficient (Wildman–Crippen LogP) is 6.42. The molecule has 0 bridgehead atoms. The quantitative estimate of drug-likeness (QED) is 0.321. The van der Waals surface area contributed by atoms with Gasteiger partial charge in [-0.2, -0.15) is 0 Å². The molecule has 142 valence electrons. The molecule has 0 radical (unpaired) electrons. The molecule has 3 aromatic carbocycles. The van der Waals surface area contributed by atoms with Gasteiger partial charge in [0.25, 0.3) is 0 Å². The summed E-state index contributed by atoms with van der Waals surface area (Å²) < 4.78 is 12.3. The van der Waals surface area contributed by atoms with Crippen LogP contribution in [0.5, 0.6) is 0 Å². The summed E-state index contributed by atoms with van der Waals surface area (Å²) in [7, 11) is 0. The highest BCUT2D eigenvalue weighted by molar-refractivity contribution is 6.11. The van der Waals surface area contributed by atoms with Crippen molar-refractivity contribution in [3.8, 4) is 22.6 Å². The Morgan fingerprint density at radius 1 is 0.667 bits per heavy atom. The average molecular weight is 389 g/mol. The maximum absolute atomic E-state index is 13.1. The van der Waals surface area contributed by atoms with Gasteiger partial charge in [0, 0.05) is 40.4 Å². The number of benzene rings is 3. The molecule has 6 aromatic rings. The predicted molar refractivity (Wildman–Crippen MR) is 118 cm³/mol. The van der Waals surface area contributed by atoms with E-state index in [0.717, 1.165) is 38.6 Å². The van der Waals surface area contributed by atoms with Crippen molar-refractivity contribution >= 4 is 32.7 Å². The Bertz CT molecular complexity index is 1580. The van der Waals surface area contributed by atoms with Crippen LogP contribution in [0.3, 0.4) is 0 Å². The van der Waals surface area contributed by atoms with Gasteiger partial charge >= 0.3 is 0 Å². The van der Waals surface area contributed by atoms with Crippen molar-refractivity contribution in [1.82, 2.24) is 4.98 Å². The maximum atomic E-state index is 13.1. The number of fused-ring (bicyclic) bond motifs is 4. The van der Waals surface area contributed by atoms with Gasteiger partial charge in [-0.25, -0.2) is 0 Å². The van der Waals surface area contributed by atoms with Gasteiger partial charge in [-0.15, -0.1) is 0 Å². The molecular weight excluding hydrogens is 374 g/mol. The molecule has 4 heteroatoms. The molecule has 0 aliphatic heterocycles. The second-order valence-corrected chi connectivity index (χ2v) is 7.21. The molecule has 0 saturated heterocycles. The minimum Gasteiger partial charge on any atom is -0.456 e. The average Bonchev–Trinajstić information content (AvgIpc) is 3.23. The highest BCUT2D eigenvalue weighted by atomic mass is 16.3. The van der Waals surface area contributed by atoms with Crippen LogP contribution in [0.1, 0.15) is 0 Å². The first-order chi connectivity index (χ1) is 14.8. The molecule has 0 unspecified atom stereocenters. The number of furan rings is 1. The van der Waals surface area contributed by atoms with E-state index < -0.39 is 0 Å². The van der Waals surface area contributed by atoms with Gasteiger partial charge in [0.05, 0.1) is 5.39 Å². The number of pyridine rings is 1. The largest absolute Gasteiger partial charge is 0.456 e. The molecular formula is C26H15NO3. The molecule has 0 N–H and O–H groups in total. The zero-order valence-electron chi connectivity index (χ0n) is 15.8. The first kappa shape index (κ1) is 16.7. The summed E-state index contributed by atoms with van der Waals surface area (Å²) in [5.74, 6) is 1.25. The molecule has 6 rings (SSSR count). The Balaban J connectivity index is 1.69. The Kier molecular flexibility index (Phi) is 3.59. The molecule has 3 heterocycles. The van der Waals surface area contributed by atoms with Crippen molar-refractivity contribution in [2.24, 2.45) is 0 Å². The lowest BCUT2D eigenvalue weighted by Gasteiger charge is -2.09. The normalized spacial score (nSPS) is 11.5. The van der Waals surface area contributed by atoms with Gasteiger partial charge in [0.1, 0.15) is 22.7 Å². The molecule has 0 saturated carbocycles. The van der Waals surface area contributed by atoms with E-state index in [1.165, 1.54) is 6.07 Å². The van der Waals surface area contributed by atoms with Crippen molar-refractivity contribution in [1.29, 1.82) is 0 Å². The molecule has 0 aliphatic carbocycles. The Hall–Kier alpha value is -4.18. The Morgan fingerprint density at radius 2 is 1.43 bits per heavy atom. The highest BCUT2D eigenvalue weighted by Gasteiger charge is 2.16. The SMILES string of the molecule is O=c1cc(-c2ccncc2)oc2c1cc(-c1cc3ccccc3o1)c1ccccc12. The molecule has 3 aromatic heterocycles. The van der Waals surface area contributed by atoms with Crippen molar-refractivity contribution in [3.63, 3.8) is 0 Å². The standard InChI is InChI=1S/C26H15NO3/c28-22-15-24(16-9-11-27-12-10-16)30-26-19-7-3-2-6-18(19)20(14-21(22)26)25-13-17-5-1-4-8-23(17)29-25/h1-15H. The van der Waals surface area contributed by atoms with Crippen LogP contribution in [-0.2, 0) is 0 Å². The highest BCUT2D eigenvalue weighted by Crippen LogP contribution is 2.37. The summed E-state index contributed by atoms with van der Waals surface area (Å²) in [5, 5.41) is 3.40. The minimum atomic E-state index is -0.0915. The van der Waals surface area contributed by atoms with E-state index >= 15 is 0 Å². The molecule has 0 fully saturated rings. The summed E-state index contributed by atoms with van der Waals surface area (Å²) >= 11 is 0. The van der Waals surface area contributed by atoms with E-state index in [1.54, 1.807) is 12.4 Å². The summed E-state index contributed by atoms with van der Waals surface area (Å²) in [6, 6.07) is 24.9. The smallest absolute Gasteiger partial charge is 0.193 e. The van der Waals surface area contributed by atoms with E-state index in [-0.39, 0.29) is 5.43 Å². The van der Waals surface area contributed by atoms with Gasteiger partial charge in [-0.05, 0) is 35.7 Å². The molecule has 0 spiro atoms. The summed E-state index contributed by atoms with van der Waals surface area (Å²) in [4.78, 5) is 17.1. The number of hydrogen-bond acceptors (Lipinski definition) is 4. The lowest BCUT2D eigenvalue weighted by Crippen LogP contribution is -2.01. The number of rotatable bonds is 2. The van der Waals surface area contributed by atoms with Crippen LogP contribution in [-0.4, -0.2) is 4.98 Å². The van der Waals surface area contributed by atoms with Crippen LogP contribution in [0.15, 0.2) is 105 Å². The van der Waals surface area contributed by atoms with Crippen LogP contribution < -0.4 is 5.43 Å². The second kappa shape index (κ2) is 6.42. The zero-order chi connectivity index (χ0) is 20.1. The lowest BCUT2D eigenvalue weighted by atomic mass is 9.99. The number of aromatic nitrogens is 1. The second-order valence-electron chi connectivity index (χ2n) is 7.21. The fraction of sp³-hybridized carbons (Fsp3) is 0. The van der Waals surface area contributed by atoms with Crippen molar-refractivity contribution < 1.29 is 8.83 Å². The topological polar surface area (TPSA) is 56.2 Å². The molecule has 30 heavy (non-hydrogen) atoms.